The fourth-order valence-electron chi connectivity index (χ4n) is 2.07. The Bertz CT molecular complexity index is 336. The van der Waals surface area contributed by atoms with Crippen LogP contribution in [0.25, 0.3) is 0 Å². The molecule has 0 saturated carbocycles. The van der Waals surface area contributed by atoms with Crippen molar-refractivity contribution in [1.82, 2.24) is 0 Å². The number of carbonyl (C=O) groups is 2. The first-order chi connectivity index (χ1) is 8.93. The second-order valence-electron chi connectivity index (χ2n) is 6.33. The van der Waals surface area contributed by atoms with Gasteiger partial charge in [-0.2, -0.15) is 0 Å². The summed E-state index contributed by atoms with van der Waals surface area (Å²) in [5.41, 5.74) is 0. The second kappa shape index (κ2) is 8.14. The molecule has 0 radical (unpaired) electrons. The molecule has 0 aromatic rings. The van der Waals surface area contributed by atoms with Crippen LogP contribution < -0.4 is 0 Å². The molecule has 0 rings (SSSR count). The van der Waals surface area contributed by atoms with Crippen LogP contribution in [0, 0.1) is 0 Å². The summed E-state index contributed by atoms with van der Waals surface area (Å²) in [6.07, 6.45) is 10.5. The van der Waals surface area contributed by atoms with E-state index >= 15 is 0 Å². The molecule has 7 heteroatoms. The maximum absolute atomic E-state index is 10.8. The summed E-state index contributed by atoms with van der Waals surface area (Å²) in [5, 5.41) is 18.7. The highest BCUT2D eigenvalue weighted by Gasteiger charge is 2.22. The quantitative estimate of drug-likeness (QED) is 0.600. The van der Waals surface area contributed by atoms with E-state index < -0.39 is 44.5 Å². The molecule has 1 atom stereocenters. The summed E-state index contributed by atoms with van der Waals surface area (Å²) in [7, 11) is -1.23. The first kappa shape index (κ1) is 19.6. The van der Waals surface area contributed by atoms with Crippen LogP contribution in [0.1, 0.15) is 12.8 Å². The minimum atomic E-state index is -1.24. The molecular formula is C13H28O5S2. The molecule has 0 amide bonds. The van der Waals surface area contributed by atoms with Crippen LogP contribution in [0.2, 0.25) is 0 Å². The van der Waals surface area contributed by atoms with Crippen LogP contribution in [0.15, 0.2) is 0 Å². The lowest BCUT2D eigenvalue weighted by Gasteiger charge is -2.40. The van der Waals surface area contributed by atoms with Crippen molar-refractivity contribution >= 4 is 32.0 Å². The van der Waals surface area contributed by atoms with Crippen LogP contribution in [0.5, 0.6) is 0 Å². The minimum Gasteiger partial charge on any atom is -0.481 e. The Balaban J connectivity index is 4.11. The van der Waals surface area contributed by atoms with Crippen LogP contribution in [-0.2, 0) is 14.3 Å². The van der Waals surface area contributed by atoms with E-state index in [9.17, 15) is 9.59 Å². The average Bonchev–Trinajstić information content (AvgIpc) is 2.18. The van der Waals surface area contributed by atoms with Crippen molar-refractivity contribution in [3.8, 4) is 0 Å². The number of carboxylic acid groups (broad SMARTS) is 2. The number of ether oxygens (including phenoxy) is 1. The fourth-order valence-corrected chi connectivity index (χ4v) is 11.1. The number of hydrogen-bond acceptors (Lipinski definition) is 3. The van der Waals surface area contributed by atoms with Crippen molar-refractivity contribution < 1.29 is 24.5 Å². The smallest absolute Gasteiger partial charge is 0.333 e. The van der Waals surface area contributed by atoms with Crippen molar-refractivity contribution in [2.45, 2.75) is 18.9 Å². The summed E-state index contributed by atoms with van der Waals surface area (Å²) in [4.78, 5) is 21.4. The van der Waals surface area contributed by atoms with Crippen LogP contribution >= 0.6 is 20.1 Å². The van der Waals surface area contributed by atoms with Gasteiger partial charge in [0.15, 0.2) is 6.10 Å². The highest BCUT2D eigenvalue weighted by atomic mass is 32.3. The van der Waals surface area contributed by atoms with Crippen molar-refractivity contribution in [3.63, 3.8) is 0 Å². The molecule has 20 heavy (non-hydrogen) atoms. The zero-order valence-electron chi connectivity index (χ0n) is 13.0. The minimum absolute atomic E-state index is 0.306. The van der Waals surface area contributed by atoms with Crippen molar-refractivity contribution in [2.75, 3.05) is 48.7 Å². The Morgan fingerprint density at radius 1 is 1.10 bits per heavy atom. The number of rotatable bonds is 10. The van der Waals surface area contributed by atoms with Crippen molar-refractivity contribution in [1.29, 1.82) is 0 Å². The van der Waals surface area contributed by atoms with Gasteiger partial charge in [0.05, 0.1) is 6.42 Å². The molecular weight excluding hydrogens is 300 g/mol. The SMILES string of the molecule is CS(C)(C)CS(C)(C)CCCO[C@@H](CC(=O)O)C(=O)O. The van der Waals surface area contributed by atoms with Gasteiger partial charge in [0.25, 0.3) is 0 Å². The van der Waals surface area contributed by atoms with E-state index in [0.717, 1.165) is 12.2 Å². The molecule has 0 aromatic heterocycles. The fraction of sp³-hybridized carbons (Fsp3) is 0.846. The van der Waals surface area contributed by atoms with Crippen LogP contribution in [0.3, 0.4) is 0 Å². The maximum atomic E-state index is 10.8. The predicted molar refractivity (Wildman–Crippen MR) is 88.8 cm³/mol. The molecule has 0 spiro atoms. The van der Waals surface area contributed by atoms with Gasteiger partial charge in [0, 0.05) is 11.7 Å². The van der Waals surface area contributed by atoms with E-state index in [1.165, 1.54) is 5.08 Å². The summed E-state index contributed by atoms with van der Waals surface area (Å²) in [6.45, 7) is 0.306. The molecule has 5 nitrogen and oxygen atoms in total. The van der Waals surface area contributed by atoms with E-state index in [-0.39, 0.29) is 0 Å². The summed E-state index contributed by atoms with van der Waals surface area (Å²) in [5.74, 6) is -1.34. The highest BCUT2D eigenvalue weighted by Crippen LogP contribution is 2.53. The molecule has 0 unspecified atom stereocenters. The van der Waals surface area contributed by atoms with E-state index in [1.807, 2.05) is 0 Å². The Morgan fingerprint density at radius 3 is 2.05 bits per heavy atom. The third-order valence-corrected chi connectivity index (χ3v) is 9.24. The Hall–Kier alpha value is -0.400. The van der Waals surface area contributed by atoms with Gasteiger partial charge in [-0.05, 0) is 43.5 Å². The maximum Gasteiger partial charge on any atom is 0.333 e. The lowest BCUT2D eigenvalue weighted by Crippen LogP contribution is -2.27. The Kier molecular flexibility index (Phi) is 7.98. The number of aliphatic carboxylic acids is 2. The van der Waals surface area contributed by atoms with Gasteiger partial charge in [0.2, 0.25) is 0 Å². The van der Waals surface area contributed by atoms with Gasteiger partial charge < -0.3 is 14.9 Å². The normalized spacial score (nSPS) is 15.7. The third-order valence-electron chi connectivity index (χ3n) is 2.47. The van der Waals surface area contributed by atoms with E-state index in [4.69, 9.17) is 14.9 Å². The molecule has 122 valence electrons. The molecule has 0 bridgehead atoms. The highest BCUT2D eigenvalue weighted by molar-refractivity contribution is 8.47. The summed E-state index contributed by atoms with van der Waals surface area (Å²) in [6, 6.07) is 0. The Labute approximate surface area is 124 Å². The van der Waals surface area contributed by atoms with E-state index in [2.05, 4.69) is 31.3 Å². The Morgan fingerprint density at radius 2 is 1.65 bits per heavy atom. The van der Waals surface area contributed by atoms with Crippen molar-refractivity contribution in [3.05, 3.63) is 0 Å². The first-order valence-corrected chi connectivity index (χ1v) is 12.2. The van der Waals surface area contributed by atoms with E-state index in [1.54, 1.807) is 0 Å². The zero-order valence-corrected chi connectivity index (χ0v) is 14.7. The van der Waals surface area contributed by atoms with E-state index in [0.29, 0.717) is 6.61 Å². The predicted octanol–water partition coefficient (Wildman–Crippen LogP) is 2.04. The van der Waals surface area contributed by atoms with Crippen LogP contribution in [0.4, 0.5) is 0 Å². The molecule has 0 aliphatic rings. The molecule has 0 aliphatic carbocycles. The molecule has 0 saturated heterocycles. The number of carboxylic acids is 2. The third kappa shape index (κ3) is 10.4. The van der Waals surface area contributed by atoms with Crippen molar-refractivity contribution in [2.24, 2.45) is 0 Å². The first-order valence-electron chi connectivity index (χ1n) is 6.34. The lowest BCUT2D eigenvalue weighted by molar-refractivity contribution is -0.156. The van der Waals surface area contributed by atoms with Gasteiger partial charge in [-0.25, -0.2) is 24.9 Å². The molecule has 2 N–H and O–H groups in total. The van der Waals surface area contributed by atoms with Gasteiger partial charge in [-0.15, -0.1) is 0 Å². The number of hydrogen-bond donors (Lipinski definition) is 2. The van der Waals surface area contributed by atoms with Gasteiger partial charge >= 0.3 is 11.9 Å². The van der Waals surface area contributed by atoms with Gasteiger partial charge in [0.1, 0.15) is 0 Å². The second-order valence-corrected chi connectivity index (χ2v) is 15.4. The summed E-state index contributed by atoms with van der Waals surface area (Å²) >= 11 is 0. The van der Waals surface area contributed by atoms with Gasteiger partial charge in [-0.1, -0.05) is 0 Å². The zero-order chi connectivity index (χ0) is 16.0. The monoisotopic (exact) mass is 328 g/mol. The lowest BCUT2D eigenvalue weighted by atomic mass is 10.2. The standard InChI is InChI=1S/C13H28O5S2/c1-19(2,3)10-20(4,5)8-6-7-18-11(13(16)17)9-12(14)15/h11H,6-10H2,1-5H3,(H,14,15)(H,16,17)/t11-/m0/s1. The summed E-state index contributed by atoms with van der Waals surface area (Å²) < 4.78 is 5.18. The largest absolute Gasteiger partial charge is 0.481 e. The average molecular weight is 328 g/mol. The topological polar surface area (TPSA) is 83.8 Å². The van der Waals surface area contributed by atoms with Gasteiger partial charge in [-0.3, -0.25) is 4.79 Å². The molecule has 0 heterocycles. The molecule has 0 fully saturated rings. The molecule has 0 aliphatic heterocycles. The molecule has 0 aromatic carbocycles. The van der Waals surface area contributed by atoms with Crippen LogP contribution in [-0.4, -0.2) is 77.0 Å².